The van der Waals surface area contributed by atoms with Gasteiger partial charge >= 0.3 is 5.97 Å². The highest BCUT2D eigenvalue weighted by Crippen LogP contribution is 2.03. The molecule has 0 saturated heterocycles. The minimum atomic E-state index is -0.681. The van der Waals surface area contributed by atoms with E-state index in [1.807, 2.05) is 0 Å². The van der Waals surface area contributed by atoms with Gasteiger partial charge in [0, 0.05) is 6.61 Å². The van der Waals surface area contributed by atoms with E-state index in [0.717, 1.165) is 12.8 Å². The van der Waals surface area contributed by atoms with E-state index in [4.69, 9.17) is 15.6 Å². The normalized spacial score (nSPS) is 12.9. The molecule has 0 aliphatic rings. The summed E-state index contributed by atoms with van der Waals surface area (Å²) in [5, 5.41) is 8.54. The summed E-state index contributed by atoms with van der Waals surface area (Å²) < 4.78 is 4.93. The van der Waals surface area contributed by atoms with Gasteiger partial charge in [0.05, 0.1) is 6.61 Å². The van der Waals surface area contributed by atoms with E-state index < -0.39 is 12.0 Å². The van der Waals surface area contributed by atoms with Crippen molar-refractivity contribution in [1.29, 1.82) is 0 Å². The van der Waals surface area contributed by atoms with Crippen molar-refractivity contribution >= 4 is 5.97 Å². The molecule has 0 heterocycles. The summed E-state index contributed by atoms with van der Waals surface area (Å²) in [7, 11) is 0. The summed E-state index contributed by atoms with van der Waals surface area (Å²) in [6.45, 7) is 4.59. The van der Waals surface area contributed by atoms with Crippen LogP contribution in [0.15, 0.2) is 0 Å². The van der Waals surface area contributed by atoms with E-state index in [0.29, 0.717) is 12.5 Å². The minimum absolute atomic E-state index is 0.0811. The first-order valence-electron chi connectivity index (χ1n) is 5.11. The highest BCUT2D eigenvalue weighted by molar-refractivity contribution is 5.75. The van der Waals surface area contributed by atoms with Crippen LogP contribution in [0.4, 0.5) is 0 Å². The molecule has 0 aromatic carbocycles. The summed E-state index contributed by atoms with van der Waals surface area (Å²) >= 11 is 0. The summed E-state index contributed by atoms with van der Waals surface area (Å²) in [6.07, 6.45) is 2.18. The van der Waals surface area contributed by atoms with Gasteiger partial charge in [0.25, 0.3) is 0 Å². The Balaban J connectivity index is 3.44. The van der Waals surface area contributed by atoms with Gasteiger partial charge in [0.15, 0.2) is 0 Å². The molecule has 1 atom stereocenters. The molecule has 3 N–H and O–H groups in total. The summed E-state index contributed by atoms with van der Waals surface area (Å²) in [6, 6.07) is -0.681. The first kappa shape index (κ1) is 13.4. The van der Waals surface area contributed by atoms with E-state index in [1.165, 1.54) is 0 Å². The second-order valence-electron chi connectivity index (χ2n) is 3.82. The fraction of sp³-hybridized carbons (Fsp3) is 0.900. The number of rotatable bonds is 7. The van der Waals surface area contributed by atoms with Crippen LogP contribution in [-0.2, 0) is 9.53 Å². The zero-order valence-corrected chi connectivity index (χ0v) is 9.03. The third-order valence-electron chi connectivity index (χ3n) is 1.91. The van der Waals surface area contributed by atoms with Crippen molar-refractivity contribution in [3.63, 3.8) is 0 Å². The monoisotopic (exact) mass is 203 g/mol. The first-order chi connectivity index (χ1) is 6.57. The van der Waals surface area contributed by atoms with Gasteiger partial charge in [0.2, 0.25) is 0 Å². The number of esters is 1. The van der Waals surface area contributed by atoms with Gasteiger partial charge < -0.3 is 15.6 Å². The molecule has 0 aliphatic heterocycles. The molecular weight excluding hydrogens is 182 g/mol. The third kappa shape index (κ3) is 6.86. The first-order valence-corrected chi connectivity index (χ1v) is 5.11. The lowest BCUT2D eigenvalue weighted by Crippen LogP contribution is -2.33. The van der Waals surface area contributed by atoms with Gasteiger partial charge in [-0.25, -0.2) is 0 Å². The summed E-state index contributed by atoms with van der Waals surface area (Å²) in [4.78, 5) is 11.1. The fourth-order valence-corrected chi connectivity index (χ4v) is 1.03. The van der Waals surface area contributed by atoms with E-state index >= 15 is 0 Å². The number of nitrogens with two attached hydrogens (primary N) is 1. The molecule has 0 spiro atoms. The van der Waals surface area contributed by atoms with Crippen molar-refractivity contribution in [2.75, 3.05) is 13.2 Å². The van der Waals surface area contributed by atoms with Crippen LogP contribution >= 0.6 is 0 Å². The molecule has 4 heteroatoms. The molecule has 0 saturated carbocycles. The van der Waals surface area contributed by atoms with Crippen LogP contribution in [-0.4, -0.2) is 30.3 Å². The lowest BCUT2D eigenvalue weighted by molar-refractivity contribution is -0.145. The lowest BCUT2D eigenvalue weighted by Gasteiger charge is -2.10. The van der Waals surface area contributed by atoms with Gasteiger partial charge in [0.1, 0.15) is 6.04 Å². The maximum absolute atomic E-state index is 11.1. The van der Waals surface area contributed by atoms with E-state index in [1.54, 1.807) is 0 Å². The van der Waals surface area contributed by atoms with Crippen LogP contribution in [0, 0.1) is 5.92 Å². The molecule has 0 aromatic heterocycles. The van der Waals surface area contributed by atoms with Crippen LogP contribution in [0.3, 0.4) is 0 Å². The standard InChI is InChI=1S/C10H21NO3/c1-8(2)4-3-7-14-10(13)9(11)5-6-12/h8-9,12H,3-7,11H2,1-2H3. The van der Waals surface area contributed by atoms with Crippen molar-refractivity contribution in [3.8, 4) is 0 Å². The number of hydrogen-bond acceptors (Lipinski definition) is 4. The maximum Gasteiger partial charge on any atom is 0.322 e. The topological polar surface area (TPSA) is 72.5 Å². The Kier molecular flexibility index (Phi) is 7.42. The van der Waals surface area contributed by atoms with E-state index in [9.17, 15) is 4.79 Å². The second-order valence-corrected chi connectivity index (χ2v) is 3.82. The number of carbonyl (C=O) groups excluding carboxylic acids is 1. The summed E-state index contributed by atoms with van der Waals surface area (Å²) in [5.41, 5.74) is 5.44. The molecule has 0 aromatic rings. The molecule has 1 unspecified atom stereocenters. The fourth-order valence-electron chi connectivity index (χ4n) is 1.03. The van der Waals surface area contributed by atoms with Crippen molar-refractivity contribution in [2.45, 2.75) is 39.2 Å². The van der Waals surface area contributed by atoms with Crippen LogP contribution in [0.2, 0.25) is 0 Å². The van der Waals surface area contributed by atoms with E-state index in [2.05, 4.69) is 13.8 Å². The quantitative estimate of drug-likeness (QED) is 0.471. The van der Waals surface area contributed by atoms with Crippen LogP contribution in [0.25, 0.3) is 0 Å². The van der Waals surface area contributed by atoms with Gasteiger partial charge in [-0.1, -0.05) is 13.8 Å². The van der Waals surface area contributed by atoms with Crippen LogP contribution in [0.5, 0.6) is 0 Å². The predicted molar refractivity (Wildman–Crippen MR) is 54.7 cm³/mol. The molecular formula is C10H21NO3. The molecule has 0 bridgehead atoms. The highest BCUT2D eigenvalue weighted by Gasteiger charge is 2.13. The maximum atomic E-state index is 11.1. The largest absolute Gasteiger partial charge is 0.465 e. The number of aliphatic hydroxyl groups is 1. The van der Waals surface area contributed by atoms with Crippen LogP contribution in [0.1, 0.15) is 33.1 Å². The van der Waals surface area contributed by atoms with E-state index in [-0.39, 0.29) is 13.0 Å². The minimum Gasteiger partial charge on any atom is -0.465 e. The van der Waals surface area contributed by atoms with Gasteiger partial charge in [-0.05, 0) is 25.2 Å². The second kappa shape index (κ2) is 7.76. The van der Waals surface area contributed by atoms with Crippen molar-refractivity contribution < 1.29 is 14.6 Å². The van der Waals surface area contributed by atoms with Crippen molar-refractivity contribution in [1.82, 2.24) is 0 Å². The van der Waals surface area contributed by atoms with Gasteiger partial charge in [-0.15, -0.1) is 0 Å². The molecule has 84 valence electrons. The SMILES string of the molecule is CC(C)CCCOC(=O)C(N)CCO. The predicted octanol–water partition coefficient (Wildman–Crippen LogP) is 0.676. The molecule has 0 amide bonds. The lowest BCUT2D eigenvalue weighted by atomic mass is 10.1. The Hall–Kier alpha value is -0.610. The van der Waals surface area contributed by atoms with Gasteiger partial charge in [-0.3, -0.25) is 4.79 Å². The molecule has 0 fully saturated rings. The summed E-state index contributed by atoms with van der Waals surface area (Å²) in [5.74, 6) is 0.211. The third-order valence-corrected chi connectivity index (χ3v) is 1.91. The zero-order valence-electron chi connectivity index (χ0n) is 9.03. The Morgan fingerprint density at radius 2 is 2.07 bits per heavy atom. The zero-order chi connectivity index (χ0) is 11.0. The average Bonchev–Trinajstić information content (AvgIpc) is 2.12. The number of aliphatic hydroxyl groups excluding tert-OH is 1. The van der Waals surface area contributed by atoms with Gasteiger partial charge in [-0.2, -0.15) is 0 Å². The molecule has 0 rings (SSSR count). The smallest absolute Gasteiger partial charge is 0.322 e. The van der Waals surface area contributed by atoms with Crippen molar-refractivity contribution in [3.05, 3.63) is 0 Å². The number of ether oxygens (including phenoxy) is 1. The van der Waals surface area contributed by atoms with Crippen molar-refractivity contribution in [2.24, 2.45) is 11.7 Å². The van der Waals surface area contributed by atoms with Crippen LogP contribution < -0.4 is 5.73 Å². The average molecular weight is 203 g/mol. The molecule has 4 nitrogen and oxygen atoms in total. The molecule has 0 aliphatic carbocycles. The molecule has 0 radical (unpaired) electrons. The Morgan fingerprint density at radius 1 is 1.43 bits per heavy atom. The Bertz CT molecular complexity index is 159. The molecule has 14 heavy (non-hydrogen) atoms. The Morgan fingerprint density at radius 3 is 2.57 bits per heavy atom. The highest BCUT2D eigenvalue weighted by atomic mass is 16.5. The number of hydrogen-bond donors (Lipinski definition) is 2. The number of carbonyl (C=O) groups is 1. The Labute approximate surface area is 85.4 Å².